The topological polar surface area (TPSA) is 54.0 Å². The smallest absolute Gasteiger partial charge is 0.317 e. The van der Waals surface area contributed by atoms with E-state index < -0.39 is 0 Å². The quantitative estimate of drug-likeness (QED) is 0.596. The van der Waals surface area contributed by atoms with Crippen molar-refractivity contribution in [3.63, 3.8) is 0 Å². The van der Waals surface area contributed by atoms with E-state index in [1.54, 1.807) is 25.2 Å². The summed E-state index contributed by atoms with van der Waals surface area (Å²) in [4.78, 5) is 16.9. The number of halogens is 2. The van der Waals surface area contributed by atoms with Gasteiger partial charge in [-0.15, -0.1) is 0 Å². The first-order chi connectivity index (χ1) is 15.2. The Bertz CT molecular complexity index is 939. The van der Waals surface area contributed by atoms with Gasteiger partial charge in [-0.05, 0) is 63.2 Å². The van der Waals surface area contributed by atoms with Gasteiger partial charge in [0.05, 0.1) is 30.3 Å². The van der Waals surface area contributed by atoms with Crippen LogP contribution in [0.15, 0.2) is 30.3 Å². The van der Waals surface area contributed by atoms with Crippen molar-refractivity contribution in [1.82, 2.24) is 15.1 Å². The highest BCUT2D eigenvalue weighted by Crippen LogP contribution is 2.40. The van der Waals surface area contributed by atoms with E-state index in [0.717, 1.165) is 42.6 Å². The largest absolute Gasteiger partial charge is 0.497 e. The van der Waals surface area contributed by atoms with Crippen molar-refractivity contribution < 1.29 is 14.3 Å². The Balaban J connectivity index is 1.78. The second-order valence-electron chi connectivity index (χ2n) is 8.25. The van der Waals surface area contributed by atoms with Crippen molar-refractivity contribution in [2.45, 2.75) is 31.8 Å². The van der Waals surface area contributed by atoms with Gasteiger partial charge in [0.2, 0.25) is 0 Å². The Morgan fingerprint density at radius 1 is 1.09 bits per heavy atom. The number of hydrogen-bond donors (Lipinski definition) is 1. The summed E-state index contributed by atoms with van der Waals surface area (Å²) in [7, 11) is 7.16. The molecule has 6 nitrogen and oxygen atoms in total. The fourth-order valence-corrected chi connectivity index (χ4v) is 4.61. The maximum absolute atomic E-state index is 12.8. The third-order valence-electron chi connectivity index (χ3n) is 6.14. The van der Waals surface area contributed by atoms with Crippen LogP contribution in [0, 0.1) is 0 Å². The molecule has 2 aromatic carbocycles. The third-order valence-corrected chi connectivity index (χ3v) is 7.03. The zero-order valence-corrected chi connectivity index (χ0v) is 20.8. The van der Waals surface area contributed by atoms with Crippen LogP contribution >= 0.6 is 23.2 Å². The number of urea groups is 1. The third kappa shape index (κ3) is 5.42. The molecule has 0 aromatic heterocycles. The van der Waals surface area contributed by atoms with Gasteiger partial charge in [-0.1, -0.05) is 35.3 Å². The minimum Gasteiger partial charge on any atom is -0.497 e. The molecule has 0 saturated carbocycles. The predicted molar refractivity (Wildman–Crippen MR) is 130 cm³/mol. The summed E-state index contributed by atoms with van der Waals surface area (Å²) in [6.45, 7) is 3.90. The highest BCUT2D eigenvalue weighted by molar-refractivity contribution is 6.44. The molecular formula is C24H31Cl2N3O3. The number of hydrogen-bond acceptors (Lipinski definition) is 4. The summed E-state index contributed by atoms with van der Waals surface area (Å²) < 4.78 is 10.7. The summed E-state index contributed by atoms with van der Waals surface area (Å²) in [6.07, 6.45) is 1.94. The van der Waals surface area contributed by atoms with E-state index >= 15 is 0 Å². The summed E-state index contributed by atoms with van der Waals surface area (Å²) in [5, 5.41) is 3.90. The van der Waals surface area contributed by atoms with Crippen LogP contribution in [0.2, 0.25) is 10.0 Å². The Morgan fingerprint density at radius 3 is 2.25 bits per heavy atom. The highest BCUT2D eigenvalue weighted by atomic mass is 35.5. The summed E-state index contributed by atoms with van der Waals surface area (Å²) in [6, 6.07) is 9.19. The van der Waals surface area contributed by atoms with Crippen LogP contribution in [0.5, 0.6) is 11.5 Å². The van der Waals surface area contributed by atoms with Gasteiger partial charge in [-0.25, -0.2) is 4.79 Å². The number of nitrogens with one attached hydrogen (secondary N) is 1. The molecule has 2 amide bonds. The van der Waals surface area contributed by atoms with Crippen LogP contribution in [0.4, 0.5) is 4.79 Å². The van der Waals surface area contributed by atoms with E-state index in [0.29, 0.717) is 21.5 Å². The maximum Gasteiger partial charge on any atom is 0.317 e. The van der Waals surface area contributed by atoms with Gasteiger partial charge in [-0.2, -0.15) is 0 Å². The molecule has 0 spiro atoms. The van der Waals surface area contributed by atoms with Gasteiger partial charge in [0.15, 0.2) is 0 Å². The lowest BCUT2D eigenvalue weighted by atomic mass is 10.0. The van der Waals surface area contributed by atoms with Crippen molar-refractivity contribution in [2.24, 2.45) is 0 Å². The van der Waals surface area contributed by atoms with Crippen LogP contribution in [0.25, 0.3) is 11.1 Å². The molecule has 0 aliphatic carbocycles. The number of methoxy groups -OCH3 is 2. The average molecular weight is 480 g/mol. The molecule has 0 bridgehead atoms. The molecule has 32 heavy (non-hydrogen) atoms. The molecule has 1 fully saturated rings. The molecule has 1 heterocycles. The molecule has 1 N–H and O–H groups in total. The summed E-state index contributed by atoms with van der Waals surface area (Å²) in [5.74, 6) is 1.32. The van der Waals surface area contributed by atoms with E-state index in [4.69, 9.17) is 32.7 Å². The molecule has 174 valence electrons. The molecule has 3 rings (SSSR count). The maximum atomic E-state index is 12.8. The van der Waals surface area contributed by atoms with Gasteiger partial charge in [0.1, 0.15) is 11.5 Å². The zero-order chi connectivity index (χ0) is 23.4. The number of benzene rings is 2. The number of piperidine rings is 1. The Labute approximate surface area is 200 Å². The normalized spacial score (nSPS) is 15.8. The highest BCUT2D eigenvalue weighted by Gasteiger charge is 2.26. The Hall–Kier alpha value is -2.15. The molecule has 2 aromatic rings. The number of nitrogens with zero attached hydrogens (tertiary/aromatic N) is 2. The van der Waals surface area contributed by atoms with Crippen LogP contribution < -0.4 is 14.8 Å². The number of carbonyl (C=O) groups excluding carboxylic acids is 1. The fourth-order valence-electron chi connectivity index (χ4n) is 4.00. The lowest BCUT2D eigenvalue weighted by Crippen LogP contribution is -2.48. The van der Waals surface area contributed by atoms with Crippen LogP contribution in [-0.2, 0) is 0 Å². The van der Waals surface area contributed by atoms with Gasteiger partial charge in [-0.3, -0.25) is 0 Å². The average Bonchev–Trinajstić information content (AvgIpc) is 2.80. The standard InChI is InChI=1S/C24H31Cl2N3O3/c1-15(27-24(30)29(3)17-8-10-28(2)11-9-17)20-6-7-21(23(26)22(20)25)16-12-18(31-4)14-19(13-16)32-5/h6-7,12-15,17H,8-11H2,1-5H3,(H,27,30). The number of rotatable bonds is 6. The first kappa shape index (κ1) is 24.5. The van der Waals surface area contributed by atoms with Crippen molar-refractivity contribution in [1.29, 1.82) is 0 Å². The van der Waals surface area contributed by atoms with Crippen molar-refractivity contribution in [2.75, 3.05) is 41.4 Å². The number of ether oxygens (including phenoxy) is 2. The minimum atomic E-state index is -0.296. The van der Waals surface area contributed by atoms with Crippen molar-refractivity contribution in [3.05, 3.63) is 45.9 Å². The first-order valence-electron chi connectivity index (χ1n) is 10.7. The van der Waals surface area contributed by atoms with Crippen LogP contribution in [0.3, 0.4) is 0 Å². The second kappa shape index (κ2) is 10.6. The van der Waals surface area contributed by atoms with Crippen molar-refractivity contribution in [3.8, 4) is 22.6 Å². The second-order valence-corrected chi connectivity index (χ2v) is 9.00. The molecule has 1 aliphatic heterocycles. The van der Waals surface area contributed by atoms with E-state index in [2.05, 4.69) is 17.3 Å². The van der Waals surface area contributed by atoms with Gasteiger partial charge in [0, 0.05) is 24.7 Å². The van der Waals surface area contributed by atoms with E-state index in [9.17, 15) is 4.79 Å². The zero-order valence-electron chi connectivity index (χ0n) is 19.2. The van der Waals surface area contributed by atoms with E-state index in [-0.39, 0.29) is 18.1 Å². The van der Waals surface area contributed by atoms with Crippen molar-refractivity contribution >= 4 is 29.2 Å². The SMILES string of the molecule is COc1cc(OC)cc(-c2ccc(C(C)NC(=O)N(C)C3CCN(C)CC3)c(Cl)c2Cl)c1. The summed E-state index contributed by atoms with van der Waals surface area (Å²) in [5.41, 5.74) is 2.36. The van der Waals surface area contributed by atoms with Gasteiger partial charge < -0.3 is 24.6 Å². The number of amides is 2. The summed E-state index contributed by atoms with van der Waals surface area (Å²) >= 11 is 13.3. The van der Waals surface area contributed by atoms with Crippen LogP contribution in [0.1, 0.15) is 31.4 Å². The van der Waals surface area contributed by atoms with Gasteiger partial charge >= 0.3 is 6.03 Å². The molecular weight excluding hydrogens is 449 g/mol. The fraction of sp³-hybridized carbons (Fsp3) is 0.458. The van der Waals surface area contributed by atoms with Crippen LogP contribution in [-0.4, -0.2) is 63.3 Å². The lowest BCUT2D eigenvalue weighted by molar-refractivity contribution is 0.146. The van der Waals surface area contributed by atoms with E-state index in [1.807, 2.05) is 38.2 Å². The molecule has 0 radical (unpaired) electrons. The minimum absolute atomic E-state index is 0.110. The Morgan fingerprint density at radius 2 is 1.69 bits per heavy atom. The molecule has 1 saturated heterocycles. The lowest BCUT2D eigenvalue weighted by Gasteiger charge is -2.35. The molecule has 8 heteroatoms. The Kier molecular flexibility index (Phi) is 8.15. The first-order valence-corrected chi connectivity index (χ1v) is 11.4. The number of carbonyl (C=O) groups is 1. The predicted octanol–water partition coefficient (Wildman–Crippen LogP) is 5.47. The molecule has 1 unspecified atom stereocenters. The monoisotopic (exact) mass is 479 g/mol. The van der Waals surface area contributed by atoms with Gasteiger partial charge in [0.25, 0.3) is 0 Å². The molecule has 1 atom stereocenters. The number of likely N-dealkylation sites (tertiary alicyclic amines) is 1. The van der Waals surface area contributed by atoms with E-state index in [1.165, 1.54) is 0 Å². The molecule has 1 aliphatic rings.